The van der Waals surface area contributed by atoms with Crippen molar-refractivity contribution in [2.75, 3.05) is 48.6 Å². The molecular weight excluding hydrogens is 366 g/mol. The molecule has 0 bridgehead atoms. The first-order valence-electron chi connectivity index (χ1n) is 10.3. The van der Waals surface area contributed by atoms with Gasteiger partial charge in [0.15, 0.2) is 23.0 Å². The monoisotopic (exact) mass is 400 g/mol. The van der Waals surface area contributed by atoms with E-state index in [1.165, 1.54) is 16.7 Å². The second kappa shape index (κ2) is 8.95. The first-order valence-corrected chi connectivity index (χ1v) is 10.3. The minimum absolute atomic E-state index is 0.344. The largest absolute Gasteiger partial charge is 0.493 e. The molecule has 0 spiro atoms. The van der Waals surface area contributed by atoms with Gasteiger partial charge in [0.1, 0.15) is 6.04 Å². The van der Waals surface area contributed by atoms with Gasteiger partial charge in [0.05, 0.1) is 48.6 Å². The van der Waals surface area contributed by atoms with E-state index in [-0.39, 0.29) is 0 Å². The van der Waals surface area contributed by atoms with Crippen LogP contribution >= 0.6 is 0 Å². The summed E-state index contributed by atoms with van der Waals surface area (Å²) in [6, 6.07) is 10.9. The highest BCUT2D eigenvalue weighted by Crippen LogP contribution is 2.43. The Morgan fingerprint density at radius 2 is 1.48 bits per heavy atom. The Hall–Kier alpha value is -2.40. The summed E-state index contributed by atoms with van der Waals surface area (Å²) in [4.78, 5) is 0. The lowest BCUT2D eigenvalue weighted by Crippen LogP contribution is -2.52. The van der Waals surface area contributed by atoms with Crippen molar-refractivity contribution < 1.29 is 23.4 Å². The Labute approximate surface area is 174 Å². The third-order valence-electron chi connectivity index (χ3n) is 6.26. The fourth-order valence-electron chi connectivity index (χ4n) is 4.67. The standard InChI is InChI=1S/C24H34NO4/c1-7-11-25(2)12-10-18-15-23(28-5)24(29-6)16-19(18)20(25)13-17-8-9-21(26-3)22(14-17)27-4/h8-9,14-16,20H,7,10-13H2,1-6H3/q+1/t20-,25?/m1/s1. The number of nitrogens with zero attached hydrogens (tertiary/aromatic N) is 1. The van der Waals surface area contributed by atoms with E-state index in [1.54, 1.807) is 28.4 Å². The van der Waals surface area contributed by atoms with Gasteiger partial charge in [0.2, 0.25) is 0 Å². The molecule has 1 unspecified atom stereocenters. The summed E-state index contributed by atoms with van der Waals surface area (Å²) >= 11 is 0. The Kier molecular flexibility index (Phi) is 6.58. The van der Waals surface area contributed by atoms with E-state index in [2.05, 4.69) is 38.2 Å². The lowest BCUT2D eigenvalue weighted by Gasteiger charge is -2.46. The highest BCUT2D eigenvalue weighted by atomic mass is 16.5. The summed E-state index contributed by atoms with van der Waals surface area (Å²) in [5.41, 5.74) is 3.97. The first kappa shape index (κ1) is 21.3. The molecule has 158 valence electrons. The molecule has 1 heterocycles. The van der Waals surface area contributed by atoms with E-state index in [9.17, 15) is 0 Å². The summed E-state index contributed by atoms with van der Waals surface area (Å²) in [5.74, 6) is 3.15. The van der Waals surface area contributed by atoms with Crippen molar-refractivity contribution in [1.82, 2.24) is 0 Å². The topological polar surface area (TPSA) is 36.9 Å². The zero-order chi connectivity index (χ0) is 21.0. The van der Waals surface area contributed by atoms with Crippen LogP contribution in [0.5, 0.6) is 23.0 Å². The summed E-state index contributed by atoms with van der Waals surface area (Å²) < 4.78 is 23.1. The predicted molar refractivity (Wildman–Crippen MR) is 115 cm³/mol. The molecule has 2 aromatic rings. The zero-order valence-corrected chi connectivity index (χ0v) is 18.6. The number of quaternary nitrogens is 1. The van der Waals surface area contributed by atoms with E-state index in [4.69, 9.17) is 18.9 Å². The van der Waals surface area contributed by atoms with Crippen LogP contribution in [0, 0.1) is 0 Å². The van der Waals surface area contributed by atoms with Crippen molar-refractivity contribution in [1.29, 1.82) is 0 Å². The molecule has 1 aliphatic rings. The molecule has 0 aromatic heterocycles. The van der Waals surface area contributed by atoms with Crippen molar-refractivity contribution in [2.24, 2.45) is 0 Å². The molecule has 0 saturated heterocycles. The Bertz CT molecular complexity index is 851. The maximum absolute atomic E-state index is 5.63. The van der Waals surface area contributed by atoms with Crippen molar-refractivity contribution in [3.05, 3.63) is 47.0 Å². The maximum atomic E-state index is 5.63. The third kappa shape index (κ3) is 4.15. The van der Waals surface area contributed by atoms with E-state index in [0.717, 1.165) is 59.8 Å². The van der Waals surface area contributed by atoms with Crippen molar-refractivity contribution in [3.8, 4) is 23.0 Å². The van der Waals surface area contributed by atoms with Gasteiger partial charge in [0, 0.05) is 18.4 Å². The zero-order valence-electron chi connectivity index (χ0n) is 18.6. The van der Waals surface area contributed by atoms with Gasteiger partial charge >= 0.3 is 0 Å². The summed E-state index contributed by atoms with van der Waals surface area (Å²) in [6.07, 6.45) is 3.13. The molecule has 5 heteroatoms. The number of likely N-dealkylation sites (N-methyl/N-ethyl adjacent to an activating group) is 1. The molecule has 2 atom stereocenters. The fourth-order valence-corrected chi connectivity index (χ4v) is 4.67. The second-order valence-electron chi connectivity index (χ2n) is 7.99. The molecule has 0 aliphatic carbocycles. The molecule has 0 radical (unpaired) electrons. The number of rotatable bonds is 8. The highest BCUT2D eigenvalue weighted by molar-refractivity contribution is 5.50. The first-order chi connectivity index (χ1) is 14.0. The number of methoxy groups -OCH3 is 4. The van der Waals surface area contributed by atoms with Crippen LogP contribution in [0.4, 0.5) is 0 Å². The average molecular weight is 401 g/mol. The van der Waals surface area contributed by atoms with Crippen LogP contribution in [0.3, 0.4) is 0 Å². The van der Waals surface area contributed by atoms with Crippen molar-refractivity contribution in [2.45, 2.75) is 32.2 Å². The van der Waals surface area contributed by atoms with Crippen molar-refractivity contribution in [3.63, 3.8) is 0 Å². The van der Waals surface area contributed by atoms with Crippen molar-refractivity contribution >= 4 is 0 Å². The van der Waals surface area contributed by atoms with E-state index < -0.39 is 0 Å². The maximum Gasteiger partial charge on any atom is 0.161 e. The minimum Gasteiger partial charge on any atom is -0.493 e. The normalized spacial score (nSPS) is 20.7. The van der Waals surface area contributed by atoms with Crippen LogP contribution in [0.25, 0.3) is 0 Å². The van der Waals surface area contributed by atoms with Gasteiger partial charge in [-0.3, -0.25) is 0 Å². The van der Waals surface area contributed by atoms with Crippen LogP contribution in [0.15, 0.2) is 30.3 Å². The summed E-state index contributed by atoms with van der Waals surface area (Å²) in [5, 5.41) is 0. The number of ether oxygens (including phenoxy) is 4. The lowest BCUT2D eigenvalue weighted by atomic mass is 9.86. The second-order valence-corrected chi connectivity index (χ2v) is 7.99. The average Bonchev–Trinajstić information content (AvgIpc) is 2.74. The number of fused-ring (bicyclic) bond motifs is 1. The van der Waals surface area contributed by atoms with Gasteiger partial charge in [-0.05, 0) is 41.8 Å². The molecular formula is C24H34NO4+. The van der Waals surface area contributed by atoms with Crippen LogP contribution in [-0.4, -0.2) is 53.1 Å². The Morgan fingerprint density at radius 1 is 0.862 bits per heavy atom. The lowest BCUT2D eigenvalue weighted by molar-refractivity contribution is -0.941. The molecule has 3 rings (SSSR count). The van der Waals surface area contributed by atoms with Gasteiger partial charge in [-0.25, -0.2) is 0 Å². The predicted octanol–water partition coefficient (Wildman–Crippen LogP) is 4.42. The molecule has 0 amide bonds. The highest BCUT2D eigenvalue weighted by Gasteiger charge is 2.39. The van der Waals surface area contributed by atoms with Gasteiger partial charge in [-0.15, -0.1) is 0 Å². The van der Waals surface area contributed by atoms with Crippen LogP contribution in [-0.2, 0) is 12.8 Å². The fraction of sp³-hybridized carbons (Fsp3) is 0.500. The van der Waals surface area contributed by atoms with Gasteiger partial charge in [-0.1, -0.05) is 13.0 Å². The third-order valence-corrected chi connectivity index (χ3v) is 6.26. The van der Waals surface area contributed by atoms with E-state index in [0.29, 0.717) is 6.04 Å². The molecule has 0 saturated carbocycles. The molecule has 0 fully saturated rings. The van der Waals surface area contributed by atoms with E-state index >= 15 is 0 Å². The van der Waals surface area contributed by atoms with Crippen LogP contribution in [0.2, 0.25) is 0 Å². The molecule has 0 N–H and O–H groups in total. The van der Waals surface area contributed by atoms with Gasteiger partial charge in [-0.2, -0.15) is 0 Å². The Balaban J connectivity index is 2.06. The van der Waals surface area contributed by atoms with Crippen LogP contribution < -0.4 is 18.9 Å². The summed E-state index contributed by atoms with van der Waals surface area (Å²) in [6.45, 7) is 4.53. The van der Waals surface area contributed by atoms with E-state index in [1.807, 2.05) is 6.07 Å². The molecule has 2 aromatic carbocycles. The number of hydrogen-bond acceptors (Lipinski definition) is 4. The van der Waals surface area contributed by atoms with Crippen LogP contribution in [0.1, 0.15) is 36.1 Å². The number of hydrogen-bond donors (Lipinski definition) is 0. The minimum atomic E-state index is 0.344. The van der Waals surface area contributed by atoms with Gasteiger partial charge < -0.3 is 23.4 Å². The molecule has 29 heavy (non-hydrogen) atoms. The molecule has 5 nitrogen and oxygen atoms in total. The summed E-state index contributed by atoms with van der Waals surface area (Å²) in [7, 11) is 9.15. The Morgan fingerprint density at radius 3 is 2.10 bits per heavy atom. The van der Waals surface area contributed by atoms with Gasteiger partial charge in [0.25, 0.3) is 0 Å². The SMILES string of the molecule is CCC[N+]1(C)CCc2cc(OC)c(OC)cc2[C@H]1Cc1ccc(OC)c(OC)c1. The molecule has 1 aliphatic heterocycles. The smallest absolute Gasteiger partial charge is 0.161 e. The quantitative estimate of drug-likeness (QED) is 0.615. The number of benzene rings is 2.